The van der Waals surface area contributed by atoms with Crippen LogP contribution in [0.1, 0.15) is 33.1 Å². The Morgan fingerprint density at radius 3 is 2.65 bits per heavy atom. The van der Waals surface area contributed by atoms with Gasteiger partial charge in [0.1, 0.15) is 5.82 Å². The number of halogens is 2. The fraction of sp³-hybridized carbons (Fsp3) is 0.462. The van der Waals surface area contributed by atoms with Crippen molar-refractivity contribution in [1.82, 2.24) is 0 Å². The molecule has 0 spiro atoms. The number of hydrogen-bond acceptors (Lipinski definition) is 1. The third-order valence-electron chi connectivity index (χ3n) is 2.55. The Labute approximate surface area is 106 Å². The molecule has 2 nitrogen and oxygen atoms in total. The molecule has 1 rings (SSSR count). The molecule has 0 heterocycles. The third kappa shape index (κ3) is 3.70. The molecule has 0 aromatic heterocycles. The second-order valence-electron chi connectivity index (χ2n) is 3.85. The predicted molar refractivity (Wildman–Crippen MR) is 69.0 cm³/mol. The van der Waals surface area contributed by atoms with E-state index in [9.17, 15) is 9.18 Å². The zero-order valence-corrected chi connectivity index (χ0v) is 10.9. The maximum Gasteiger partial charge on any atom is 0.226 e. The second-order valence-corrected chi connectivity index (χ2v) is 4.26. The van der Waals surface area contributed by atoms with Crippen LogP contribution in [0, 0.1) is 5.82 Å². The monoisotopic (exact) mass is 257 g/mol. The first-order chi connectivity index (χ1) is 8.10. The summed E-state index contributed by atoms with van der Waals surface area (Å²) in [7, 11) is 0. The Hall–Kier alpha value is -1.09. The minimum atomic E-state index is -0.463. The standard InChI is InChI=1S/C13H17ClFNO/c1-3-5-8-16(13(17)4-2)10-6-7-12(15)11(14)9-10/h6-7,9H,3-5,8H2,1-2H3. The summed E-state index contributed by atoms with van der Waals surface area (Å²) in [6.07, 6.45) is 2.35. The number of carbonyl (C=O) groups is 1. The van der Waals surface area contributed by atoms with Gasteiger partial charge in [-0.05, 0) is 24.6 Å². The molecular formula is C13H17ClFNO. The van der Waals surface area contributed by atoms with E-state index in [4.69, 9.17) is 11.6 Å². The normalized spacial score (nSPS) is 10.4. The molecule has 0 saturated heterocycles. The van der Waals surface area contributed by atoms with Crippen LogP contribution in [-0.2, 0) is 4.79 Å². The Balaban J connectivity index is 2.95. The van der Waals surface area contributed by atoms with Crippen LogP contribution in [0.15, 0.2) is 18.2 Å². The first kappa shape index (κ1) is 14.0. The number of carbonyl (C=O) groups excluding carboxylic acids is 1. The average Bonchev–Trinajstić information content (AvgIpc) is 2.33. The van der Waals surface area contributed by atoms with Gasteiger partial charge in [0.25, 0.3) is 0 Å². The van der Waals surface area contributed by atoms with Gasteiger partial charge in [-0.3, -0.25) is 4.79 Å². The SMILES string of the molecule is CCCCN(C(=O)CC)c1ccc(F)c(Cl)c1. The van der Waals surface area contributed by atoms with Crippen LogP contribution in [0.4, 0.5) is 10.1 Å². The number of unbranched alkanes of at least 4 members (excludes halogenated alkanes) is 1. The van der Waals surface area contributed by atoms with E-state index in [1.165, 1.54) is 12.1 Å². The highest BCUT2D eigenvalue weighted by Crippen LogP contribution is 2.23. The van der Waals surface area contributed by atoms with E-state index in [-0.39, 0.29) is 10.9 Å². The summed E-state index contributed by atoms with van der Waals surface area (Å²) in [5.41, 5.74) is 0.664. The first-order valence-corrected chi connectivity index (χ1v) is 6.23. The van der Waals surface area contributed by atoms with Gasteiger partial charge in [-0.15, -0.1) is 0 Å². The molecule has 0 unspecified atom stereocenters. The van der Waals surface area contributed by atoms with Crippen molar-refractivity contribution in [2.24, 2.45) is 0 Å². The van der Waals surface area contributed by atoms with Crippen molar-refractivity contribution < 1.29 is 9.18 Å². The maximum atomic E-state index is 13.1. The molecule has 0 aliphatic heterocycles. The highest BCUT2D eigenvalue weighted by atomic mass is 35.5. The molecule has 1 aromatic rings. The van der Waals surface area contributed by atoms with E-state index < -0.39 is 5.82 Å². The van der Waals surface area contributed by atoms with Gasteiger partial charge in [0.15, 0.2) is 0 Å². The fourth-order valence-corrected chi connectivity index (χ4v) is 1.73. The summed E-state index contributed by atoms with van der Waals surface area (Å²) in [5, 5.41) is 0.0490. The third-order valence-corrected chi connectivity index (χ3v) is 2.84. The maximum absolute atomic E-state index is 13.1. The molecule has 0 aliphatic carbocycles. The van der Waals surface area contributed by atoms with E-state index >= 15 is 0 Å². The first-order valence-electron chi connectivity index (χ1n) is 5.85. The van der Waals surface area contributed by atoms with E-state index in [1.807, 2.05) is 6.92 Å². The summed E-state index contributed by atoms with van der Waals surface area (Å²) >= 11 is 5.73. The molecule has 0 fully saturated rings. The van der Waals surface area contributed by atoms with E-state index in [0.717, 1.165) is 12.8 Å². The summed E-state index contributed by atoms with van der Waals surface area (Å²) in [4.78, 5) is 13.5. The number of hydrogen-bond donors (Lipinski definition) is 0. The number of benzene rings is 1. The summed E-state index contributed by atoms with van der Waals surface area (Å²) < 4.78 is 13.1. The number of amides is 1. The second kappa shape index (κ2) is 6.60. The molecule has 0 atom stereocenters. The van der Waals surface area contributed by atoms with Crippen LogP contribution in [-0.4, -0.2) is 12.5 Å². The minimum absolute atomic E-state index is 0.0288. The molecular weight excluding hydrogens is 241 g/mol. The van der Waals surface area contributed by atoms with E-state index in [2.05, 4.69) is 6.92 Å². The molecule has 0 saturated carbocycles. The van der Waals surface area contributed by atoms with Gasteiger partial charge < -0.3 is 4.90 Å². The molecule has 94 valence electrons. The Morgan fingerprint density at radius 1 is 1.41 bits per heavy atom. The zero-order chi connectivity index (χ0) is 12.8. The molecule has 0 bridgehead atoms. The minimum Gasteiger partial charge on any atom is -0.312 e. The molecule has 1 amide bonds. The van der Waals surface area contributed by atoms with Gasteiger partial charge in [0.2, 0.25) is 5.91 Å². The lowest BCUT2D eigenvalue weighted by atomic mass is 10.2. The zero-order valence-electron chi connectivity index (χ0n) is 10.2. The van der Waals surface area contributed by atoms with E-state index in [0.29, 0.717) is 18.7 Å². The van der Waals surface area contributed by atoms with Gasteiger partial charge in [0.05, 0.1) is 5.02 Å². The topological polar surface area (TPSA) is 20.3 Å². The summed E-state index contributed by atoms with van der Waals surface area (Å²) in [6, 6.07) is 4.38. The van der Waals surface area contributed by atoms with Gasteiger partial charge in [-0.1, -0.05) is 31.9 Å². The number of anilines is 1. The van der Waals surface area contributed by atoms with Crippen molar-refractivity contribution in [3.63, 3.8) is 0 Å². The Kier molecular flexibility index (Phi) is 5.42. The van der Waals surface area contributed by atoms with Gasteiger partial charge in [-0.25, -0.2) is 4.39 Å². The van der Waals surface area contributed by atoms with Crippen molar-refractivity contribution in [2.75, 3.05) is 11.4 Å². The molecule has 0 N–H and O–H groups in total. The lowest BCUT2D eigenvalue weighted by Crippen LogP contribution is -2.31. The predicted octanol–water partition coefficient (Wildman–Crippen LogP) is 4.02. The van der Waals surface area contributed by atoms with Crippen LogP contribution in [0.5, 0.6) is 0 Å². The highest BCUT2D eigenvalue weighted by molar-refractivity contribution is 6.31. The van der Waals surface area contributed by atoms with Gasteiger partial charge in [-0.2, -0.15) is 0 Å². The van der Waals surface area contributed by atoms with Crippen molar-refractivity contribution in [2.45, 2.75) is 33.1 Å². The van der Waals surface area contributed by atoms with Crippen LogP contribution < -0.4 is 4.90 Å². The van der Waals surface area contributed by atoms with Gasteiger partial charge >= 0.3 is 0 Å². The number of nitrogens with zero attached hydrogens (tertiary/aromatic N) is 1. The average molecular weight is 258 g/mol. The fourth-order valence-electron chi connectivity index (χ4n) is 1.56. The Bertz CT molecular complexity index is 395. The highest BCUT2D eigenvalue weighted by Gasteiger charge is 2.14. The van der Waals surface area contributed by atoms with Crippen LogP contribution in [0.3, 0.4) is 0 Å². The van der Waals surface area contributed by atoms with Gasteiger partial charge in [0, 0.05) is 18.7 Å². The van der Waals surface area contributed by atoms with Crippen LogP contribution in [0.2, 0.25) is 5.02 Å². The molecule has 17 heavy (non-hydrogen) atoms. The molecule has 0 aliphatic rings. The summed E-state index contributed by atoms with van der Waals surface area (Å²) in [6.45, 7) is 4.52. The molecule has 0 radical (unpaired) electrons. The quantitative estimate of drug-likeness (QED) is 0.780. The Morgan fingerprint density at radius 2 is 2.12 bits per heavy atom. The van der Waals surface area contributed by atoms with Crippen molar-refractivity contribution in [3.8, 4) is 0 Å². The smallest absolute Gasteiger partial charge is 0.226 e. The molecule has 4 heteroatoms. The van der Waals surface area contributed by atoms with Crippen LogP contribution in [0.25, 0.3) is 0 Å². The van der Waals surface area contributed by atoms with E-state index in [1.54, 1.807) is 11.0 Å². The lowest BCUT2D eigenvalue weighted by Gasteiger charge is -2.22. The largest absolute Gasteiger partial charge is 0.312 e. The van der Waals surface area contributed by atoms with Crippen LogP contribution >= 0.6 is 11.6 Å². The van der Waals surface area contributed by atoms with Crippen molar-refractivity contribution >= 4 is 23.2 Å². The number of rotatable bonds is 5. The van der Waals surface area contributed by atoms with Crippen molar-refractivity contribution in [1.29, 1.82) is 0 Å². The summed E-state index contributed by atoms with van der Waals surface area (Å²) in [5.74, 6) is -0.434. The van der Waals surface area contributed by atoms with Crippen molar-refractivity contribution in [3.05, 3.63) is 29.0 Å². The lowest BCUT2D eigenvalue weighted by molar-refractivity contribution is -0.118. The molecule has 1 aromatic carbocycles.